The van der Waals surface area contributed by atoms with E-state index in [2.05, 4.69) is 0 Å². The normalized spacial score (nSPS) is 22.7. The third-order valence-corrected chi connectivity index (χ3v) is 3.78. The quantitative estimate of drug-likeness (QED) is 0.626. The Morgan fingerprint density at radius 2 is 2.09 bits per heavy atom. The van der Waals surface area contributed by atoms with Crippen molar-refractivity contribution in [3.8, 4) is 0 Å². The van der Waals surface area contributed by atoms with Crippen LogP contribution in [-0.4, -0.2) is 37.6 Å². The molecule has 1 aliphatic heterocycles. The van der Waals surface area contributed by atoms with Crippen molar-refractivity contribution in [2.45, 2.75) is 19.4 Å². The molecule has 1 atom stereocenters. The summed E-state index contributed by atoms with van der Waals surface area (Å²) in [7, 11) is -3.01. The van der Waals surface area contributed by atoms with Crippen molar-refractivity contribution in [1.82, 2.24) is 4.31 Å². The number of rotatable bonds is 3. The van der Waals surface area contributed by atoms with Crippen molar-refractivity contribution in [3.05, 3.63) is 0 Å². The van der Waals surface area contributed by atoms with Crippen LogP contribution in [0.1, 0.15) is 13.3 Å². The second-order valence-electron chi connectivity index (χ2n) is 3.01. The summed E-state index contributed by atoms with van der Waals surface area (Å²) in [6.07, 6.45) is 0.984. The van der Waals surface area contributed by atoms with Crippen molar-refractivity contribution < 1.29 is 8.42 Å². The smallest absolute Gasteiger partial charge is 0.215 e. The van der Waals surface area contributed by atoms with Crippen LogP contribution in [0.3, 0.4) is 0 Å². The summed E-state index contributed by atoms with van der Waals surface area (Å²) in [6, 6.07) is -0.263. The van der Waals surface area contributed by atoms with Gasteiger partial charge in [0.1, 0.15) is 0 Å². The molecule has 0 radical (unpaired) electrons. The highest BCUT2D eigenvalue weighted by atomic mass is 32.2. The summed E-state index contributed by atoms with van der Waals surface area (Å²) in [5, 5.41) is 0. The summed E-state index contributed by atoms with van der Waals surface area (Å²) in [5.41, 5.74) is 5.39. The topological polar surface area (TPSA) is 63.4 Å². The Hall–Kier alpha value is -0.130. The predicted octanol–water partition coefficient (Wildman–Crippen LogP) is -0.631. The molecule has 1 saturated heterocycles. The Labute approximate surface area is 67.4 Å². The number of hydrogen-bond donors (Lipinski definition) is 1. The third kappa shape index (κ3) is 2.15. The van der Waals surface area contributed by atoms with Gasteiger partial charge in [0.15, 0.2) is 0 Å². The Morgan fingerprint density at radius 3 is 2.36 bits per heavy atom. The molecular weight excluding hydrogens is 164 g/mol. The van der Waals surface area contributed by atoms with Crippen LogP contribution in [0.4, 0.5) is 0 Å². The first kappa shape index (κ1) is 8.96. The Bertz CT molecular complexity index is 219. The minimum absolute atomic E-state index is 0.0764. The zero-order chi connectivity index (χ0) is 8.48. The number of hydrogen-bond acceptors (Lipinski definition) is 3. The van der Waals surface area contributed by atoms with Gasteiger partial charge in [0.25, 0.3) is 0 Å². The molecule has 1 fully saturated rings. The average molecular weight is 178 g/mol. The van der Waals surface area contributed by atoms with Crippen molar-refractivity contribution in [3.63, 3.8) is 0 Å². The summed E-state index contributed by atoms with van der Waals surface area (Å²) >= 11 is 0. The molecule has 2 N–H and O–H groups in total. The van der Waals surface area contributed by atoms with E-state index in [1.54, 1.807) is 6.92 Å². The minimum atomic E-state index is -3.01. The van der Waals surface area contributed by atoms with Crippen LogP contribution in [0.5, 0.6) is 0 Å². The Balaban J connectivity index is 2.52. The molecule has 1 rings (SSSR count). The maximum atomic E-state index is 11.3. The van der Waals surface area contributed by atoms with E-state index in [4.69, 9.17) is 5.73 Å². The molecule has 11 heavy (non-hydrogen) atoms. The molecule has 0 amide bonds. The molecule has 66 valence electrons. The highest BCUT2D eigenvalue weighted by Crippen LogP contribution is 2.12. The largest absolute Gasteiger partial charge is 0.327 e. The fraction of sp³-hybridized carbons (Fsp3) is 1.00. The fourth-order valence-corrected chi connectivity index (χ4v) is 2.69. The minimum Gasteiger partial charge on any atom is -0.327 e. The van der Waals surface area contributed by atoms with Crippen molar-refractivity contribution in [1.29, 1.82) is 0 Å². The third-order valence-electron chi connectivity index (χ3n) is 1.68. The van der Waals surface area contributed by atoms with E-state index in [1.165, 1.54) is 4.31 Å². The molecule has 1 unspecified atom stereocenters. The van der Waals surface area contributed by atoms with Gasteiger partial charge in [-0.3, -0.25) is 0 Å². The van der Waals surface area contributed by atoms with Crippen LogP contribution >= 0.6 is 0 Å². The lowest BCUT2D eigenvalue weighted by Gasteiger charge is -2.30. The molecule has 0 aromatic carbocycles. The van der Waals surface area contributed by atoms with Crippen LogP contribution < -0.4 is 5.73 Å². The van der Waals surface area contributed by atoms with E-state index in [1.807, 2.05) is 0 Å². The lowest BCUT2D eigenvalue weighted by atomic mass is 10.3. The monoisotopic (exact) mass is 178 g/mol. The molecule has 5 heteroatoms. The summed E-state index contributed by atoms with van der Waals surface area (Å²) < 4.78 is 24.0. The number of sulfonamides is 1. The lowest BCUT2D eigenvalue weighted by Crippen LogP contribution is -2.45. The van der Waals surface area contributed by atoms with Crippen LogP contribution in [0.2, 0.25) is 0 Å². The van der Waals surface area contributed by atoms with E-state index >= 15 is 0 Å². The van der Waals surface area contributed by atoms with Gasteiger partial charge in [0, 0.05) is 19.1 Å². The van der Waals surface area contributed by atoms with Crippen molar-refractivity contribution in [2.24, 2.45) is 5.73 Å². The SMILES string of the molecule is CC(N)CS(=O)(=O)N1CCC1. The van der Waals surface area contributed by atoms with Gasteiger partial charge in [-0.2, -0.15) is 0 Å². The van der Waals surface area contributed by atoms with E-state index < -0.39 is 10.0 Å². The first-order valence-corrected chi connectivity index (χ1v) is 5.37. The van der Waals surface area contributed by atoms with Gasteiger partial charge in [-0.25, -0.2) is 12.7 Å². The molecule has 1 aliphatic rings. The van der Waals surface area contributed by atoms with Crippen LogP contribution in [-0.2, 0) is 10.0 Å². The molecular formula is C6H14N2O2S. The summed E-state index contributed by atoms with van der Waals surface area (Å²) in [4.78, 5) is 0. The summed E-state index contributed by atoms with van der Waals surface area (Å²) in [6.45, 7) is 3.06. The zero-order valence-corrected chi connectivity index (χ0v) is 7.47. The van der Waals surface area contributed by atoms with Gasteiger partial charge >= 0.3 is 0 Å². The van der Waals surface area contributed by atoms with Gasteiger partial charge in [-0.15, -0.1) is 0 Å². The molecule has 0 aromatic rings. The predicted molar refractivity (Wildman–Crippen MR) is 43.6 cm³/mol. The molecule has 0 saturated carbocycles. The van der Waals surface area contributed by atoms with Crippen LogP contribution in [0.15, 0.2) is 0 Å². The molecule has 0 aromatic heterocycles. The fourth-order valence-electron chi connectivity index (χ4n) is 1.00. The van der Waals surface area contributed by atoms with Crippen LogP contribution in [0.25, 0.3) is 0 Å². The average Bonchev–Trinajstić information content (AvgIpc) is 1.50. The van der Waals surface area contributed by atoms with Crippen molar-refractivity contribution in [2.75, 3.05) is 18.8 Å². The first-order valence-electron chi connectivity index (χ1n) is 3.76. The van der Waals surface area contributed by atoms with Gasteiger partial charge in [0.05, 0.1) is 5.75 Å². The Kier molecular flexibility index (Phi) is 2.51. The molecule has 0 spiro atoms. The molecule has 4 nitrogen and oxygen atoms in total. The van der Waals surface area contributed by atoms with E-state index in [0.29, 0.717) is 13.1 Å². The maximum absolute atomic E-state index is 11.3. The second kappa shape index (κ2) is 3.08. The van der Waals surface area contributed by atoms with Gasteiger partial charge in [-0.1, -0.05) is 0 Å². The van der Waals surface area contributed by atoms with E-state index in [9.17, 15) is 8.42 Å². The van der Waals surface area contributed by atoms with E-state index in [0.717, 1.165) is 6.42 Å². The molecule has 0 aliphatic carbocycles. The zero-order valence-electron chi connectivity index (χ0n) is 6.66. The molecule has 0 bridgehead atoms. The van der Waals surface area contributed by atoms with Gasteiger partial charge in [0.2, 0.25) is 10.0 Å². The van der Waals surface area contributed by atoms with Gasteiger partial charge < -0.3 is 5.73 Å². The number of nitrogens with two attached hydrogens (primary N) is 1. The highest BCUT2D eigenvalue weighted by Gasteiger charge is 2.27. The standard InChI is InChI=1S/C6H14N2O2S/c1-6(7)5-11(9,10)8-3-2-4-8/h6H,2-5,7H2,1H3. The highest BCUT2D eigenvalue weighted by molar-refractivity contribution is 7.89. The van der Waals surface area contributed by atoms with E-state index in [-0.39, 0.29) is 11.8 Å². The van der Waals surface area contributed by atoms with Crippen LogP contribution in [0, 0.1) is 0 Å². The molecule has 1 heterocycles. The van der Waals surface area contributed by atoms with Gasteiger partial charge in [-0.05, 0) is 13.3 Å². The lowest BCUT2D eigenvalue weighted by molar-refractivity contribution is 0.308. The summed E-state index contributed by atoms with van der Waals surface area (Å²) in [5.74, 6) is 0.0764. The Morgan fingerprint density at radius 1 is 1.55 bits per heavy atom. The number of nitrogens with zero attached hydrogens (tertiary/aromatic N) is 1. The maximum Gasteiger partial charge on any atom is 0.215 e. The first-order chi connectivity index (χ1) is 5.02. The van der Waals surface area contributed by atoms with Crippen molar-refractivity contribution >= 4 is 10.0 Å². The second-order valence-corrected chi connectivity index (χ2v) is 5.02.